The van der Waals surface area contributed by atoms with Crippen molar-refractivity contribution in [1.82, 2.24) is 4.98 Å². The van der Waals surface area contributed by atoms with Crippen molar-refractivity contribution in [3.05, 3.63) is 75.8 Å². The molecule has 1 fully saturated rings. The number of anilines is 1. The number of rotatable bonds is 5. The van der Waals surface area contributed by atoms with Gasteiger partial charge >= 0.3 is 6.18 Å². The predicted molar refractivity (Wildman–Crippen MR) is 120 cm³/mol. The molecule has 4 nitrogen and oxygen atoms in total. The lowest BCUT2D eigenvalue weighted by Crippen LogP contribution is -2.39. The minimum atomic E-state index is -4.58. The number of alkyl halides is 3. The Morgan fingerprint density at radius 1 is 1.09 bits per heavy atom. The normalized spacial score (nSPS) is 15.8. The first kappa shape index (κ1) is 23.1. The van der Waals surface area contributed by atoms with Crippen LogP contribution < -0.4 is 4.90 Å². The van der Waals surface area contributed by atoms with Crippen LogP contribution in [0.15, 0.2) is 58.8 Å². The van der Waals surface area contributed by atoms with E-state index in [1.807, 2.05) is 34.5 Å². The van der Waals surface area contributed by atoms with Gasteiger partial charge in [0.2, 0.25) is 0 Å². The van der Waals surface area contributed by atoms with Gasteiger partial charge in [-0.05, 0) is 48.7 Å². The lowest BCUT2D eigenvalue weighted by atomic mass is 10.1. The predicted octanol–water partition coefficient (Wildman–Crippen LogP) is 5.85. The quantitative estimate of drug-likeness (QED) is 0.441. The fourth-order valence-electron chi connectivity index (χ4n) is 3.73. The van der Waals surface area contributed by atoms with Crippen LogP contribution in [0.5, 0.6) is 0 Å². The lowest BCUT2D eigenvalue weighted by molar-refractivity contribution is -0.137. The van der Waals surface area contributed by atoms with E-state index in [0.29, 0.717) is 37.4 Å². The highest BCUT2D eigenvalue weighted by Gasteiger charge is 2.35. The van der Waals surface area contributed by atoms with Gasteiger partial charge in [-0.15, -0.1) is 11.3 Å². The van der Waals surface area contributed by atoms with Gasteiger partial charge in [0.25, 0.3) is 0 Å². The van der Waals surface area contributed by atoms with Crippen molar-refractivity contribution in [2.75, 3.05) is 18.0 Å². The van der Waals surface area contributed by atoms with Crippen molar-refractivity contribution in [2.24, 2.45) is 0 Å². The maximum Gasteiger partial charge on any atom is 0.416 e. The SMILES string of the molecule is O=S(=O)(c1cccc(C(F)(F)F)c1)C1CCN(c2nc(Cc3ccc(Cl)cc3)cs2)CC1. The van der Waals surface area contributed by atoms with E-state index >= 15 is 0 Å². The Hall–Kier alpha value is -2.10. The van der Waals surface area contributed by atoms with Gasteiger partial charge < -0.3 is 4.90 Å². The summed E-state index contributed by atoms with van der Waals surface area (Å²) < 4.78 is 64.8. The standard InChI is InChI=1S/C22H20ClF3N2O2S2/c23-17-6-4-15(5-7-17)12-18-14-31-21(27-18)28-10-8-19(9-11-28)32(29,30)20-3-1-2-16(13-20)22(24,25)26/h1-7,13-14,19H,8-12H2. The van der Waals surface area contributed by atoms with Gasteiger partial charge in [-0.2, -0.15) is 13.2 Å². The smallest absolute Gasteiger partial charge is 0.348 e. The van der Waals surface area contributed by atoms with Crippen LogP contribution in [0, 0.1) is 0 Å². The number of sulfone groups is 1. The summed E-state index contributed by atoms with van der Waals surface area (Å²) in [5.74, 6) is 0. The number of aromatic nitrogens is 1. The number of piperidine rings is 1. The van der Waals surface area contributed by atoms with E-state index in [2.05, 4.69) is 4.98 Å². The molecule has 4 rings (SSSR count). The molecule has 1 aromatic heterocycles. The summed E-state index contributed by atoms with van der Waals surface area (Å²) in [5, 5.41) is 2.77. The van der Waals surface area contributed by atoms with Gasteiger partial charge in [0, 0.05) is 29.9 Å². The average molecular weight is 501 g/mol. The first-order valence-electron chi connectivity index (χ1n) is 9.98. The van der Waals surface area contributed by atoms with Crippen LogP contribution in [0.25, 0.3) is 0 Å². The maximum absolute atomic E-state index is 13.0. The second-order valence-corrected chi connectivity index (χ2v) is 11.2. The van der Waals surface area contributed by atoms with E-state index in [4.69, 9.17) is 11.6 Å². The number of hydrogen-bond donors (Lipinski definition) is 0. The summed E-state index contributed by atoms with van der Waals surface area (Å²) in [6.45, 7) is 0.966. The highest BCUT2D eigenvalue weighted by Crippen LogP contribution is 2.33. The van der Waals surface area contributed by atoms with Gasteiger partial charge in [-0.25, -0.2) is 13.4 Å². The van der Waals surface area contributed by atoms with Crippen LogP contribution in [0.4, 0.5) is 18.3 Å². The van der Waals surface area contributed by atoms with Gasteiger partial charge in [0.15, 0.2) is 15.0 Å². The molecule has 0 amide bonds. The number of nitrogens with zero attached hydrogens (tertiary/aromatic N) is 2. The zero-order valence-corrected chi connectivity index (χ0v) is 19.2. The van der Waals surface area contributed by atoms with Gasteiger partial charge in [-0.1, -0.05) is 29.8 Å². The summed E-state index contributed by atoms with van der Waals surface area (Å²) in [5.41, 5.74) is 1.06. The van der Waals surface area contributed by atoms with Crippen molar-refractivity contribution in [3.63, 3.8) is 0 Å². The van der Waals surface area contributed by atoms with Crippen LogP contribution in [0.1, 0.15) is 29.7 Å². The molecular formula is C22H20ClF3N2O2S2. The Bertz CT molecular complexity index is 1190. The molecule has 0 atom stereocenters. The first-order valence-corrected chi connectivity index (χ1v) is 12.8. The average Bonchev–Trinajstić information content (AvgIpc) is 3.23. The van der Waals surface area contributed by atoms with Crippen LogP contribution >= 0.6 is 22.9 Å². The molecule has 0 bridgehead atoms. The third kappa shape index (κ3) is 5.10. The molecule has 1 saturated heterocycles. The summed E-state index contributed by atoms with van der Waals surface area (Å²) >= 11 is 7.42. The third-order valence-electron chi connectivity index (χ3n) is 5.48. The zero-order chi connectivity index (χ0) is 22.9. The first-order chi connectivity index (χ1) is 15.1. The molecule has 0 spiro atoms. The molecule has 0 aliphatic carbocycles. The summed E-state index contributed by atoms with van der Waals surface area (Å²) in [6, 6.07) is 11.6. The molecule has 2 aromatic carbocycles. The van der Waals surface area contributed by atoms with Gasteiger partial charge in [0.05, 0.1) is 21.4 Å². The number of thiazole rings is 1. The van der Waals surface area contributed by atoms with E-state index in [-0.39, 0.29) is 4.90 Å². The highest BCUT2D eigenvalue weighted by atomic mass is 35.5. The molecule has 0 N–H and O–H groups in total. The molecule has 1 aliphatic heterocycles. The Labute approximate surface area is 193 Å². The Morgan fingerprint density at radius 2 is 1.78 bits per heavy atom. The molecule has 10 heteroatoms. The molecular weight excluding hydrogens is 481 g/mol. The number of benzene rings is 2. The number of hydrogen-bond acceptors (Lipinski definition) is 5. The molecule has 0 unspecified atom stereocenters. The van der Waals surface area contributed by atoms with Crippen LogP contribution in [0.2, 0.25) is 5.02 Å². The second-order valence-electron chi connectivity index (χ2n) is 7.68. The van der Waals surface area contributed by atoms with E-state index in [1.54, 1.807) is 0 Å². The van der Waals surface area contributed by atoms with E-state index < -0.39 is 26.8 Å². The maximum atomic E-state index is 13.0. The Balaban J connectivity index is 1.41. The fourth-order valence-corrected chi connectivity index (χ4v) is 6.51. The second kappa shape index (κ2) is 9.03. The largest absolute Gasteiger partial charge is 0.416 e. The van der Waals surface area contributed by atoms with Gasteiger partial charge in [0.1, 0.15) is 0 Å². The van der Waals surface area contributed by atoms with Crippen molar-refractivity contribution >= 4 is 37.9 Å². The third-order valence-corrected chi connectivity index (χ3v) is 8.94. The molecule has 0 radical (unpaired) electrons. The van der Waals surface area contributed by atoms with Crippen molar-refractivity contribution in [1.29, 1.82) is 0 Å². The summed E-state index contributed by atoms with van der Waals surface area (Å²) in [4.78, 5) is 6.44. The number of halogens is 4. The molecule has 32 heavy (non-hydrogen) atoms. The van der Waals surface area contributed by atoms with E-state index in [9.17, 15) is 21.6 Å². The topological polar surface area (TPSA) is 50.3 Å². The Morgan fingerprint density at radius 3 is 2.44 bits per heavy atom. The Kier molecular flexibility index (Phi) is 6.51. The van der Waals surface area contributed by atoms with Crippen molar-refractivity contribution < 1.29 is 21.6 Å². The minimum Gasteiger partial charge on any atom is -0.348 e. The van der Waals surface area contributed by atoms with Crippen molar-refractivity contribution in [2.45, 2.75) is 35.6 Å². The van der Waals surface area contributed by atoms with Crippen LogP contribution in [-0.4, -0.2) is 31.7 Å². The molecule has 3 aromatic rings. The van der Waals surface area contributed by atoms with Crippen LogP contribution in [-0.2, 0) is 22.4 Å². The minimum absolute atomic E-state index is 0.273. The summed E-state index contributed by atoms with van der Waals surface area (Å²) in [7, 11) is -3.84. The highest BCUT2D eigenvalue weighted by molar-refractivity contribution is 7.92. The zero-order valence-electron chi connectivity index (χ0n) is 16.8. The molecule has 170 valence electrons. The van der Waals surface area contributed by atoms with Crippen LogP contribution in [0.3, 0.4) is 0 Å². The fraction of sp³-hybridized carbons (Fsp3) is 0.318. The molecule has 2 heterocycles. The van der Waals surface area contributed by atoms with Gasteiger partial charge in [-0.3, -0.25) is 0 Å². The monoisotopic (exact) mass is 500 g/mol. The molecule has 1 aliphatic rings. The van der Waals surface area contributed by atoms with E-state index in [1.165, 1.54) is 17.4 Å². The van der Waals surface area contributed by atoms with Crippen molar-refractivity contribution in [3.8, 4) is 0 Å². The van der Waals surface area contributed by atoms with E-state index in [0.717, 1.165) is 34.6 Å². The summed E-state index contributed by atoms with van der Waals surface area (Å²) in [6.07, 6.45) is -3.23. The molecule has 0 saturated carbocycles. The lowest BCUT2D eigenvalue weighted by Gasteiger charge is -2.31.